The van der Waals surface area contributed by atoms with Gasteiger partial charge in [-0.2, -0.15) is 0 Å². The van der Waals surface area contributed by atoms with Gasteiger partial charge >= 0.3 is 11.9 Å². The molecule has 0 radical (unpaired) electrons. The lowest BCUT2D eigenvalue weighted by atomic mass is 9.89. The minimum atomic E-state index is -1.27. The summed E-state index contributed by atoms with van der Waals surface area (Å²) in [7, 11) is 0. The highest BCUT2D eigenvalue weighted by molar-refractivity contribution is 5.92. The number of rotatable bonds is 9. The van der Waals surface area contributed by atoms with E-state index in [1.54, 1.807) is 4.90 Å². The van der Waals surface area contributed by atoms with Crippen molar-refractivity contribution in [3.8, 4) is 0 Å². The summed E-state index contributed by atoms with van der Waals surface area (Å²) in [4.78, 5) is 52.5. The summed E-state index contributed by atoms with van der Waals surface area (Å²) in [6.45, 7) is 1.90. The van der Waals surface area contributed by atoms with Gasteiger partial charge in [-0.15, -0.1) is 0 Å². The summed E-state index contributed by atoms with van der Waals surface area (Å²) in [5.41, 5.74) is 2.79. The summed E-state index contributed by atoms with van der Waals surface area (Å²) >= 11 is 0. The van der Waals surface area contributed by atoms with Crippen molar-refractivity contribution in [1.29, 1.82) is 0 Å². The number of esters is 1. The Labute approximate surface area is 216 Å². The smallest absolute Gasteiger partial charge is 0.326 e. The Morgan fingerprint density at radius 3 is 2.38 bits per heavy atom. The Bertz CT molecular complexity index is 1120. The van der Waals surface area contributed by atoms with Gasteiger partial charge in [0, 0.05) is 25.3 Å². The monoisotopic (exact) mass is 507 g/mol. The molecule has 9 heteroatoms. The van der Waals surface area contributed by atoms with Crippen LogP contribution in [-0.2, 0) is 43.5 Å². The highest BCUT2D eigenvalue weighted by Gasteiger charge is 2.38. The molecule has 0 aromatic heterocycles. The molecule has 2 atom stereocenters. The van der Waals surface area contributed by atoms with Gasteiger partial charge in [0.2, 0.25) is 11.8 Å². The molecule has 9 nitrogen and oxygen atoms in total. The van der Waals surface area contributed by atoms with Gasteiger partial charge in [-0.1, -0.05) is 54.6 Å². The number of carbonyl (C=O) groups is 4. The van der Waals surface area contributed by atoms with E-state index in [0.29, 0.717) is 25.8 Å². The molecular weight excluding hydrogens is 474 g/mol. The number of carboxylic acid groups (broad SMARTS) is 1. The van der Waals surface area contributed by atoms with E-state index in [2.05, 4.69) is 10.6 Å². The van der Waals surface area contributed by atoms with E-state index in [-0.39, 0.29) is 31.3 Å². The molecule has 0 saturated carbocycles. The van der Waals surface area contributed by atoms with E-state index in [9.17, 15) is 24.3 Å². The first-order valence-electron chi connectivity index (χ1n) is 12.7. The van der Waals surface area contributed by atoms with Crippen LogP contribution in [0.4, 0.5) is 0 Å². The first kappa shape index (κ1) is 26.3. The van der Waals surface area contributed by atoms with E-state index in [0.717, 1.165) is 29.8 Å². The molecule has 1 saturated heterocycles. The molecule has 2 aliphatic heterocycles. The summed E-state index contributed by atoms with van der Waals surface area (Å²) < 4.78 is 5.23. The third-order valence-electron chi connectivity index (χ3n) is 7.02. The van der Waals surface area contributed by atoms with Gasteiger partial charge in [0.15, 0.2) is 0 Å². The van der Waals surface area contributed by atoms with Crippen molar-refractivity contribution >= 4 is 23.8 Å². The standard InChI is InChI=1S/C28H33N3O6/c32-25(37-18-19-6-2-1-3-7-19)11-10-23(28(35)36)30-26(33)24-16-21-8-4-5-9-22(21)17-31(24)27(34)20-12-14-29-15-13-20/h1-9,20,23-24,29H,10-18H2,(H,30,33)(H,35,36)/t23-,24-/m1/s1. The molecule has 2 aliphatic rings. The zero-order valence-corrected chi connectivity index (χ0v) is 20.7. The zero-order valence-electron chi connectivity index (χ0n) is 20.7. The normalized spacial score (nSPS) is 18.4. The quantitative estimate of drug-likeness (QED) is 0.444. The summed E-state index contributed by atoms with van der Waals surface area (Å²) in [5.74, 6) is -2.55. The minimum absolute atomic E-state index is 0.0764. The predicted octanol–water partition coefficient (Wildman–Crippen LogP) is 2.03. The largest absolute Gasteiger partial charge is 0.480 e. The van der Waals surface area contributed by atoms with Crippen LogP contribution in [-0.4, -0.2) is 58.9 Å². The maximum atomic E-state index is 13.4. The number of benzene rings is 2. The molecule has 2 heterocycles. The molecule has 196 valence electrons. The molecule has 4 rings (SSSR count). The predicted molar refractivity (Wildman–Crippen MR) is 135 cm³/mol. The number of aliphatic carboxylic acids is 1. The van der Waals surface area contributed by atoms with E-state index in [1.165, 1.54) is 0 Å². The molecular formula is C28H33N3O6. The second-order valence-electron chi connectivity index (χ2n) is 9.56. The Kier molecular flexibility index (Phi) is 8.90. The number of amides is 2. The van der Waals surface area contributed by atoms with E-state index >= 15 is 0 Å². The van der Waals surface area contributed by atoms with E-state index in [4.69, 9.17) is 4.74 Å². The third-order valence-corrected chi connectivity index (χ3v) is 7.02. The number of ether oxygens (including phenoxy) is 1. The van der Waals surface area contributed by atoms with Crippen molar-refractivity contribution in [2.75, 3.05) is 13.1 Å². The zero-order chi connectivity index (χ0) is 26.2. The maximum Gasteiger partial charge on any atom is 0.326 e. The average Bonchev–Trinajstić information content (AvgIpc) is 2.93. The molecule has 2 amide bonds. The topological polar surface area (TPSA) is 125 Å². The molecule has 2 aromatic rings. The van der Waals surface area contributed by atoms with Crippen molar-refractivity contribution in [3.05, 3.63) is 71.3 Å². The van der Waals surface area contributed by atoms with Gasteiger partial charge in [0.25, 0.3) is 0 Å². The minimum Gasteiger partial charge on any atom is -0.480 e. The molecule has 0 unspecified atom stereocenters. The number of nitrogens with zero attached hydrogens (tertiary/aromatic N) is 1. The molecule has 1 fully saturated rings. The fourth-order valence-corrected chi connectivity index (χ4v) is 4.89. The number of carboxylic acids is 1. The maximum absolute atomic E-state index is 13.4. The van der Waals surface area contributed by atoms with Gasteiger partial charge in [-0.05, 0) is 49.0 Å². The van der Waals surface area contributed by atoms with Crippen LogP contribution in [0.3, 0.4) is 0 Å². The Balaban J connectivity index is 1.40. The summed E-state index contributed by atoms with van der Waals surface area (Å²) in [6.07, 6.45) is 1.45. The van der Waals surface area contributed by atoms with Crippen molar-refractivity contribution in [2.45, 2.75) is 57.3 Å². The molecule has 37 heavy (non-hydrogen) atoms. The van der Waals surface area contributed by atoms with Gasteiger partial charge in [-0.3, -0.25) is 14.4 Å². The van der Waals surface area contributed by atoms with E-state index < -0.39 is 29.9 Å². The summed E-state index contributed by atoms with van der Waals surface area (Å²) in [6, 6.07) is 14.8. The Morgan fingerprint density at radius 2 is 1.68 bits per heavy atom. The highest BCUT2D eigenvalue weighted by Crippen LogP contribution is 2.27. The van der Waals surface area contributed by atoms with Crippen molar-refractivity contribution in [2.24, 2.45) is 5.92 Å². The van der Waals surface area contributed by atoms with Crippen LogP contribution >= 0.6 is 0 Å². The second kappa shape index (κ2) is 12.5. The number of hydrogen-bond acceptors (Lipinski definition) is 6. The summed E-state index contributed by atoms with van der Waals surface area (Å²) in [5, 5.41) is 15.6. The van der Waals surface area contributed by atoms with Crippen LogP contribution < -0.4 is 10.6 Å². The van der Waals surface area contributed by atoms with Gasteiger partial charge in [0.05, 0.1) is 0 Å². The molecule has 0 bridgehead atoms. The van der Waals surface area contributed by atoms with Crippen molar-refractivity contribution < 1.29 is 29.0 Å². The number of nitrogens with one attached hydrogen (secondary N) is 2. The second-order valence-corrected chi connectivity index (χ2v) is 9.56. The molecule has 0 spiro atoms. The highest BCUT2D eigenvalue weighted by atomic mass is 16.5. The van der Waals surface area contributed by atoms with Gasteiger partial charge < -0.3 is 25.4 Å². The number of carbonyl (C=O) groups excluding carboxylic acids is 3. The lowest BCUT2D eigenvalue weighted by Gasteiger charge is -2.39. The number of fused-ring (bicyclic) bond motifs is 1. The number of hydrogen-bond donors (Lipinski definition) is 3. The molecule has 2 aromatic carbocycles. The van der Waals surface area contributed by atoms with Crippen molar-refractivity contribution in [1.82, 2.24) is 15.5 Å². The van der Waals surface area contributed by atoms with Crippen LogP contribution in [0, 0.1) is 5.92 Å². The van der Waals surface area contributed by atoms with Crippen LogP contribution in [0.5, 0.6) is 0 Å². The van der Waals surface area contributed by atoms with E-state index in [1.807, 2.05) is 54.6 Å². The lowest BCUT2D eigenvalue weighted by Crippen LogP contribution is -2.57. The fourth-order valence-electron chi connectivity index (χ4n) is 4.89. The van der Waals surface area contributed by atoms with Gasteiger partial charge in [0.1, 0.15) is 18.7 Å². The van der Waals surface area contributed by atoms with Crippen molar-refractivity contribution in [3.63, 3.8) is 0 Å². The van der Waals surface area contributed by atoms with Crippen LogP contribution in [0.25, 0.3) is 0 Å². The lowest BCUT2D eigenvalue weighted by molar-refractivity contribution is -0.148. The SMILES string of the molecule is O=C(CC[C@@H](NC(=O)[C@H]1Cc2ccccc2CN1C(=O)C1CCNCC1)C(=O)O)OCc1ccccc1. The first-order chi connectivity index (χ1) is 17.9. The average molecular weight is 508 g/mol. The fraction of sp³-hybridized carbons (Fsp3) is 0.429. The molecule has 0 aliphatic carbocycles. The Morgan fingerprint density at radius 1 is 1.00 bits per heavy atom. The first-order valence-corrected chi connectivity index (χ1v) is 12.7. The van der Waals surface area contributed by atoms with Crippen LogP contribution in [0.2, 0.25) is 0 Å². The van der Waals surface area contributed by atoms with Crippen LogP contribution in [0.1, 0.15) is 42.4 Å². The number of piperidine rings is 1. The Hall–Kier alpha value is -3.72. The molecule has 3 N–H and O–H groups in total. The third kappa shape index (κ3) is 6.95. The van der Waals surface area contributed by atoms with Crippen LogP contribution in [0.15, 0.2) is 54.6 Å². The van der Waals surface area contributed by atoms with Gasteiger partial charge in [-0.25, -0.2) is 4.79 Å².